The van der Waals surface area contributed by atoms with Gasteiger partial charge < -0.3 is 15.6 Å². The van der Waals surface area contributed by atoms with E-state index in [1.807, 2.05) is 6.92 Å². The maximum atomic E-state index is 15.3. The predicted octanol–water partition coefficient (Wildman–Crippen LogP) is 4.00. The third-order valence-electron chi connectivity index (χ3n) is 6.49. The summed E-state index contributed by atoms with van der Waals surface area (Å²) in [6.07, 6.45) is 5.22. The number of amides is 3. The fraction of sp³-hybridized carbons (Fsp3) is 0.240. The zero-order valence-corrected chi connectivity index (χ0v) is 20.3. The average Bonchev–Trinajstić information content (AvgIpc) is 3.30. The number of rotatable bonds is 4. The van der Waals surface area contributed by atoms with E-state index in [4.69, 9.17) is 10.5 Å². The van der Waals surface area contributed by atoms with Gasteiger partial charge in [0.2, 0.25) is 5.88 Å². The Morgan fingerprint density at radius 3 is 2.62 bits per heavy atom. The molecule has 12 heteroatoms. The second-order valence-corrected chi connectivity index (χ2v) is 8.79. The molecule has 1 unspecified atom stereocenters. The molecule has 0 fully saturated rings. The molecular weight excluding hydrogens is 481 g/mol. The topological polar surface area (TPSA) is 140 Å². The lowest BCUT2D eigenvalue weighted by Crippen LogP contribution is -2.38. The van der Waals surface area contributed by atoms with Gasteiger partial charge in [-0.1, -0.05) is 0 Å². The Morgan fingerprint density at radius 1 is 1.16 bits per heavy atom. The fourth-order valence-corrected chi connectivity index (χ4v) is 4.60. The number of ether oxygens (including phenoxy) is 1. The van der Waals surface area contributed by atoms with Crippen LogP contribution >= 0.6 is 0 Å². The van der Waals surface area contributed by atoms with Crippen LogP contribution in [0.15, 0.2) is 43.0 Å². The Balaban J connectivity index is 1.61. The van der Waals surface area contributed by atoms with Crippen LogP contribution in [0.4, 0.5) is 25.5 Å². The van der Waals surface area contributed by atoms with Crippen molar-refractivity contribution >= 4 is 34.4 Å². The number of hydrogen-bond acceptors (Lipinski definition) is 6. The summed E-state index contributed by atoms with van der Waals surface area (Å²) in [6.45, 7) is 3.83. The monoisotopic (exact) mass is 505 g/mol. The Kier molecular flexibility index (Phi) is 5.86. The van der Waals surface area contributed by atoms with Crippen LogP contribution in [0.2, 0.25) is 0 Å². The Labute approximate surface area is 210 Å². The number of halogens is 1. The number of primary amides is 1. The normalized spacial score (nSPS) is 13.7. The highest BCUT2D eigenvalue weighted by Crippen LogP contribution is 2.40. The first-order valence-corrected chi connectivity index (χ1v) is 11.5. The number of aromatic nitrogens is 4. The van der Waals surface area contributed by atoms with Crippen LogP contribution in [0.5, 0.6) is 5.88 Å². The van der Waals surface area contributed by atoms with Gasteiger partial charge in [-0.3, -0.25) is 14.5 Å². The van der Waals surface area contributed by atoms with Crippen molar-refractivity contribution in [2.75, 3.05) is 23.0 Å². The molecule has 1 aromatic carbocycles. The summed E-state index contributed by atoms with van der Waals surface area (Å²) in [4.78, 5) is 35.3. The first kappa shape index (κ1) is 24.0. The number of urea groups is 1. The molecule has 3 amide bonds. The van der Waals surface area contributed by atoms with Gasteiger partial charge in [-0.05, 0) is 43.0 Å². The molecule has 0 aliphatic carbocycles. The van der Waals surface area contributed by atoms with E-state index in [0.29, 0.717) is 27.7 Å². The Bertz CT molecular complexity index is 1550. The quantitative estimate of drug-likeness (QED) is 0.427. The van der Waals surface area contributed by atoms with Gasteiger partial charge in [0.1, 0.15) is 23.9 Å². The summed E-state index contributed by atoms with van der Waals surface area (Å²) in [6, 6.07) is 3.46. The molecule has 0 radical (unpaired) electrons. The van der Waals surface area contributed by atoms with Crippen LogP contribution in [-0.4, -0.2) is 50.1 Å². The smallest absolute Gasteiger partial charge is 0.412 e. The van der Waals surface area contributed by atoms with E-state index in [9.17, 15) is 14.7 Å². The largest absolute Gasteiger partial charge is 0.474 e. The average molecular weight is 506 g/mol. The van der Waals surface area contributed by atoms with E-state index in [1.54, 1.807) is 43.2 Å². The highest BCUT2D eigenvalue weighted by molar-refractivity contribution is 5.96. The first-order chi connectivity index (χ1) is 17.7. The van der Waals surface area contributed by atoms with Gasteiger partial charge in [0.05, 0.1) is 18.8 Å². The standard InChI is InChI=1S/C25H24FN7O4/c1-13-19(11-29-23-22(13)32(25(35)36)4-5-37-23)18-6-15-8-21(28-9-16(15)7-20(18)26)33(24(27)34)14(2)17-10-30-31(3)12-17/h6-12,14H,4-5H2,1-3H3,(H2,27,34)(H,35,36). The van der Waals surface area contributed by atoms with Crippen LogP contribution in [0.3, 0.4) is 0 Å². The number of pyridine rings is 2. The number of nitrogens with zero attached hydrogens (tertiary/aromatic N) is 6. The van der Waals surface area contributed by atoms with Gasteiger partial charge in [0.15, 0.2) is 0 Å². The van der Waals surface area contributed by atoms with Crippen LogP contribution in [0, 0.1) is 12.7 Å². The van der Waals surface area contributed by atoms with Gasteiger partial charge in [-0.25, -0.2) is 23.9 Å². The Hall–Kier alpha value is -4.74. The number of hydrogen-bond donors (Lipinski definition) is 2. The van der Waals surface area contributed by atoms with E-state index in [1.165, 1.54) is 23.4 Å². The van der Waals surface area contributed by atoms with Crippen molar-refractivity contribution in [1.29, 1.82) is 0 Å². The highest BCUT2D eigenvalue weighted by atomic mass is 19.1. The second kappa shape index (κ2) is 9.04. The van der Waals surface area contributed by atoms with Crippen molar-refractivity contribution in [1.82, 2.24) is 19.7 Å². The van der Waals surface area contributed by atoms with E-state index >= 15 is 4.39 Å². The van der Waals surface area contributed by atoms with E-state index < -0.39 is 24.0 Å². The summed E-state index contributed by atoms with van der Waals surface area (Å²) in [5.41, 5.74) is 7.93. The van der Waals surface area contributed by atoms with Crippen LogP contribution in [-0.2, 0) is 7.05 Å². The summed E-state index contributed by atoms with van der Waals surface area (Å²) in [5.74, 6) is -0.0512. The second-order valence-electron chi connectivity index (χ2n) is 8.79. The zero-order valence-electron chi connectivity index (χ0n) is 20.3. The molecular formula is C25H24FN7O4. The minimum atomic E-state index is -1.14. The van der Waals surface area contributed by atoms with Crippen LogP contribution < -0.4 is 20.3 Å². The van der Waals surface area contributed by atoms with Crippen molar-refractivity contribution in [2.24, 2.45) is 12.8 Å². The van der Waals surface area contributed by atoms with Crippen molar-refractivity contribution in [3.05, 3.63) is 59.9 Å². The molecule has 0 saturated carbocycles. The van der Waals surface area contributed by atoms with Gasteiger partial charge in [-0.2, -0.15) is 5.10 Å². The number of carboxylic acid groups (broad SMARTS) is 1. The van der Waals surface area contributed by atoms with Crippen molar-refractivity contribution in [3.63, 3.8) is 0 Å². The summed E-state index contributed by atoms with van der Waals surface area (Å²) >= 11 is 0. The molecule has 3 aromatic heterocycles. The third kappa shape index (κ3) is 4.15. The molecule has 5 rings (SSSR count). The first-order valence-electron chi connectivity index (χ1n) is 11.5. The maximum Gasteiger partial charge on any atom is 0.412 e. The van der Waals surface area contributed by atoms with Crippen molar-refractivity contribution in [3.8, 4) is 17.0 Å². The predicted molar refractivity (Wildman–Crippen MR) is 134 cm³/mol. The minimum Gasteiger partial charge on any atom is -0.474 e. The van der Waals surface area contributed by atoms with Crippen LogP contribution in [0.25, 0.3) is 21.9 Å². The van der Waals surface area contributed by atoms with E-state index in [-0.39, 0.29) is 30.3 Å². The molecule has 0 bridgehead atoms. The summed E-state index contributed by atoms with van der Waals surface area (Å²) < 4.78 is 22.5. The Morgan fingerprint density at radius 2 is 1.95 bits per heavy atom. The van der Waals surface area contributed by atoms with Gasteiger partial charge in [0.25, 0.3) is 0 Å². The van der Waals surface area contributed by atoms with Gasteiger partial charge >= 0.3 is 12.1 Å². The van der Waals surface area contributed by atoms with E-state index in [2.05, 4.69) is 15.1 Å². The number of nitrogens with two attached hydrogens (primary N) is 1. The molecule has 1 aliphatic heterocycles. The number of carbonyl (C=O) groups is 2. The lowest BCUT2D eigenvalue weighted by Gasteiger charge is -2.28. The van der Waals surface area contributed by atoms with Crippen molar-refractivity contribution in [2.45, 2.75) is 19.9 Å². The molecule has 11 nitrogen and oxygen atoms in total. The van der Waals surface area contributed by atoms with Crippen LogP contribution in [0.1, 0.15) is 24.1 Å². The molecule has 3 N–H and O–H groups in total. The number of benzene rings is 1. The van der Waals surface area contributed by atoms with Gasteiger partial charge in [0, 0.05) is 47.7 Å². The molecule has 1 aliphatic rings. The minimum absolute atomic E-state index is 0.140. The molecule has 4 aromatic rings. The van der Waals surface area contributed by atoms with Gasteiger partial charge in [-0.15, -0.1) is 0 Å². The third-order valence-corrected chi connectivity index (χ3v) is 6.49. The lowest BCUT2D eigenvalue weighted by molar-refractivity contribution is 0.196. The molecule has 37 heavy (non-hydrogen) atoms. The van der Waals surface area contributed by atoms with E-state index in [0.717, 1.165) is 10.5 Å². The number of aryl methyl sites for hydroxylation is 1. The SMILES string of the molecule is Cc1c(-c2cc3cc(N(C(N)=O)C(C)c4cnn(C)c4)ncc3cc2F)cnc2c1N(C(=O)O)CCO2. The fourth-order valence-electron chi connectivity index (χ4n) is 4.60. The lowest BCUT2D eigenvalue weighted by atomic mass is 9.97. The highest BCUT2D eigenvalue weighted by Gasteiger charge is 2.29. The molecule has 190 valence electrons. The molecule has 4 heterocycles. The molecule has 0 saturated heterocycles. The number of carbonyl (C=O) groups excluding carboxylic acids is 1. The summed E-state index contributed by atoms with van der Waals surface area (Å²) in [7, 11) is 1.77. The number of fused-ring (bicyclic) bond motifs is 2. The number of anilines is 2. The zero-order chi connectivity index (χ0) is 26.4. The van der Waals surface area contributed by atoms with Crippen molar-refractivity contribution < 1.29 is 23.8 Å². The molecule has 1 atom stereocenters. The maximum absolute atomic E-state index is 15.3. The molecule has 0 spiro atoms. The summed E-state index contributed by atoms with van der Waals surface area (Å²) in [5, 5.41) is 14.9.